The molecule has 2 aromatic heterocycles. The van der Waals surface area contributed by atoms with Crippen molar-refractivity contribution in [3.8, 4) is 0 Å². The van der Waals surface area contributed by atoms with Crippen molar-refractivity contribution in [2.24, 2.45) is 0 Å². The average molecular weight is 498 g/mol. The summed E-state index contributed by atoms with van der Waals surface area (Å²) >= 11 is 0. The molecule has 1 saturated heterocycles. The van der Waals surface area contributed by atoms with Gasteiger partial charge in [0, 0.05) is 17.9 Å². The second-order valence-corrected chi connectivity index (χ2v) is 10.3. The van der Waals surface area contributed by atoms with Crippen LogP contribution in [0.2, 0.25) is 0 Å². The second-order valence-electron chi connectivity index (χ2n) is 8.49. The highest BCUT2D eigenvalue weighted by Crippen LogP contribution is 2.56. The van der Waals surface area contributed by atoms with Gasteiger partial charge in [-0.1, -0.05) is 27.4 Å². The zero-order chi connectivity index (χ0) is 25.4. The van der Waals surface area contributed by atoms with E-state index in [9.17, 15) is 29.3 Å². The number of rotatable bonds is 9. The molecule has 0 bridgehead atoms. The summed E-state index contributed by atoms with van der Waals surface area (Å²) in [7, 11) is -4.14. The number of aryl methyl sites for hydroxylation is 1. The number of fused-ring (bicyclic) bond motifs is 1. The Bertz CT molecular complexity index is 1240. The molecule has 0 radical (unpaired) electrons. The van der Waals surface area contributed by atoms with Crippen molar-refractivity contribution < 1.29 is 28.9 Å². The zero-order valence-electron chi connectivity index (χ0n) is 19.6. The Morgan fingerprint density at radius 3 is 2.50 bits per heavy atom. The van der Waals surface area contributed by atoms with E-state index in [1.165, 1.54) is 13.1 Å². The molecule has 1 aliphatic rings. The highest BCUT2D eigenvalue weighted by molar-refractivity contribution is 7.57. The van der Waals surface area contributed by atoms with Crippen LogP contribution in [0.15, 0.2) is 27.7 Å². The van der Waals surface area contributed by atoms with E-state index in [1.807, 2.05) is 0 Å². The summed E-state index contributed by atoms with van der Waals surface area (Å²) in [5.74, 6) is 0. The molecule has 0 aliphatic carbocycles. The quantitative estimate of drug-likeness (QED) is 0.370. The van der Waals surface area contributed by atoms with Crippen molar-refractivity contribution in [3.05, 3.63) is 44.6 Å². The lowest BCUT2D eigenvalue weighted by molar-refractivity contribution is -0.0728. The van der Waals surface area contributed by atoms with Crippen molar-refractivity contribution in [2.45, 2.75) is 83.5 Å². The number of hydrogen-bond acceptors (Lipinski definition) is 9. The first-order chi connectivity index (χ1) is 15.9. The molecule has 0 amide bonds. The Kier molecular flexibility index (Phi) is 7.61. The van der Waals surface area contributed by atoms with Crippen LogP contribution in [0.1, 0.15) is 58.4 Å². The number of hydrogen-bond donors (Lipinski definition) is 4. The van der Waals surface area contributed by atoms with Gasteiger partial charge in [0.15, 0.2) is 11.9 Å². The van der Waals surface area contributed by atoms with E-state index in [0.29, 0.717) is 12.8 Å². The molecule has 1 fully saturated rings. The van der Waals surface area contributed by atoms with Crippen LogP contribution < -0.4 is 11.2 Å². The molecule has 3 heterocycles. The predicted octanol–water partition coefficient (Wildman–Crippen LogP) is 1.48. The molecule has 1 aliphatic heterocycles. The van der Waals surface area contributed by atoms with Crippen molar-refractivity contribution in [2.75, 3.05) is 0 Å². The van der Waals surface area contributed by atoms with Crippen LogP contribution in [0, 0.1) is 6.92 Å². The third-order valence-electron chi connectivity index (χ3n) is 6.38. The summed E-state index contributed by atoms with van der Waals surface area (Å²) in [4.78, 5) is 45.1. The Morgan fingerprint density at radius 2 is 1.91 bits per heavy atom. The van der Waals surface area contributed by atoms with Crippen molar-refractivity contribution in [1.29, 1.82) is 0 Å². The third-order valence-corrected chi connectivity index (χ3v) is 8.13. The molecule has 5 unspecified atom stereocenters. The van der Waals surface area contributed by atoms with Crippen LogP contribution in [-0.2, 0) is 13.8 Å². The number of aliphatic hydroxyl groups is 2. The predicted molar refractivity (Wildman–Crippen MR) is 123 cm³/mol. The highest BCUT2D eigenvalue weighted by Gasteiger charge is 2.49. The fourth-order valence-corrected chi connectivity index (χ4v) is 5.36. The van der Waals surface area contributed by atoms with Gasteiger partial charge in [0.1, 0.15) is 23.4 Å². The first kappa shape index (κ1) is 26.4. The Morgan fingerprint density at radius 1 is 1.26 bits per heavy atom. The first-order valence-electron chi connectivity index (χ1n) is 11.1. The Labute approximate surface area is 195 Å². The van der Waals surface area contributed by atoms with E-state index in [1.54, 1.807) is 20.8 Å². The summed E-state index contributed by atoms with van der Waals surface area (Å²) in [6, 6.07) is 0. The number of ether oxygens (including phenoxy) is 1. The molecular weight excluding hydrogens is 467 g/mol. The smallest absolute Gasteiger partial charge is 0.354 e. The van der Waals surface area contributed by atoms with Gasteiger partial charge in [0.25, 0.3) is 5.56 Å². The fraction of sp³-hybridized carbons (Fsp3) is 0.619. The molecule has 2 aromatic rings. The lowest BCUT2D eigenvalue weighted by Gasteiger charge is -2.36. The molecular formula is C21H31N4O8P. The summed E-state index contributed by atoms with van der Waals surface area (Å²) in [6.07, 6.45) is -3.03. The van der Waals surface area contributed by atoms with Gasteiger partial charge in [-0.2, -0.15) is 4.98 Å². The summed E-state index contributed by atoms with van der Waals surface area (Å²) in [6.45, 7) is 10.4. The minimum Gasteiger partial charge on any atom is -0.388 e. The maximum Gasteiger partial charge on any atom is 0.354 e. The maximum absolute atomic E-state index is 12.7. The first-order valence-corrected chi connectivity index (χ1v) is 12.7. The Hall–Kier alpha value is -2.21. The van der Waals surface area contributed by atoms with Gasteiger partial charge < -0.3 is 24.8 Å². The van der Waals surface area contributed by atoms with Crippen LogP contribution in [-0.4, -0.2) is 58.5 Å². The molecule has 34 heavy (non-hydrogen) atoms. The van der Waals surface area contributed by atoms with Crippen molar-refractivity contribution in [3.63, 3.8) is 0 Å². The van der Waals surface area contributed by atoms with Crippen LogP contribution in [0.4, 0.5) is 0 Å². The average Bonchev–Trinajstić information content (AvgIpc) is 3.06. The SMILES string of the molecule is C=C(CC)P(=O)(O)OC(CC)(CC)CC1OC(n2cc3nc(C)c(=O)[nH]c3nc2=O)C(O)C1O. The monoisotopic (exact) mass is 498 g/mol. The van der Waals surface area contributed by atoms with E-state index >= 15 is 0 Å². The minimum atomic E-state index is -4.14. The normalized spacial score (nSPS) is 24.9. The van der Waals surface area contributed by atoms with Crippen LogP contribution in [0.3, 0.4) is 0 Å². The van der Waals surface area contributed by atoms with E-state index in [2.05, 4.69) is 21.5 Å². The molecule has 3 rings (SSSR count). The van der Waals surface area contributed by atoms with E-state index in [0.717, 1.165) is 4.57 Å². The number of nitrogens with zero attached hydrogens (tertiary/aromatic N) is 3. The molecule has 5 atom stereocenters. The van der Waals surface area contributed by atoms with Gasteiger partial charge in [-0.3, -0.25) is 18.5 Å². The number of aromatic amines is 1. The van der Waals surface area contributed by atoms with Crippen LogP contribution in [0.25, 0.3) is 11.2 Å². The summed E-state index contributed by atoms with van der Waals surface area (Å²) in [5, 5.41) is 21.4. The number of allylic oxidation sites excluding steroid dienone is 1. The second kappa shape index (κ2) is 9.80. The topological polar surface area (TPSA) is 177 Å². The Balaban J connectivity index is 1.92. The van der Waals surface area contributed by atoms with Crippen LogP contribution in [0.5, 0.6) is 0 Å². The van der Waals surface area contributed by atoms with Gasteiger partial charge in [0.05, 0.1) is 11.7 Å². The van der Waals surface area contributed by atoms with Gasteiger partial charge >= 0.3 is 13.3 Å². The maximum atomic E-state index is 12.7. The van der Waals surface area contributed by atoms with Crippen LogP contribution >= 0.6 is 7.60 Å². The molecule has 188 valence electrons. The van der Waals surface area contributed by atoms with E-state index < -0.39 is 49.0 Å². The number of nitrogens with one attached hydrogen (secondary N) is 1. The number of aromatic nitrogens is 4. The zero-order valence-corrected chi connectivity index (χ0v) is 20.5. The molecule has 4 N–H and O–H groups in total. The lowest BCUT2D eigenvalue weighted by Crippen LogP contribution is -2.40. The highest BCUT2D eigenvalue weighted by atomic mass is 31.2. The molecule has 0 spiro atoms. The third kappa shape index (κ3) is 4.93. The standard InChI is InChI=1S/C21H31N4O8P/c1-6-11(4)34(30,31)33-21(7-2,8-3)9-14-15(26)16(27)19(32-14)25-10-13-17(24-20(25)29)23-18(28)12(5)22-13/h10,14-16,19,26-27H,4,6-9H2,1-3,5H3,(H,30,31)(H,23,24,28,29). The van der Waals surface area contributed by atoms with Gasteiger partial charge in [-0.25, -0.2) is 9.78 Å². The molecule has 0 aromatic carbocycles. The fourth-order valence-electron chi connectivity index (χ4n) is 3.97. The molecule has 12 nitrogen and oxygen atoms in total. The summed E-state index contributed by atoms with van der Waals surface area (Å²) in [5.41, 5.74) is -2.09. The number of H-pyrrole nitrogens is 1. The van der Waals surface area contributed by atoms with Gasteiger partial charge in [-0.05, 0) is 26.2 Å². The van der Waals surface area contributed by atoms with E-state index in [4.69, 9.17) is 9.26 Å². The van der Waals surface area contributed by atoms with Gasteiger partial charge in [-0.15, -0.1) is 0 Å². The van der Waals surface area contributed by atoms with Crippen molar-refractivity contribution >= 4 is 18.8 Å². The largest absolute Gasteiger partial charge is 0.388 e. The number of aliphatic hydroxyl groups excluding tert-OH is 2. The lowest BCUT2D eigenvalue weighted by atomic mass is 9.88. The summed E-state index contributed by atoms with van der Waals surface area (Å²) < 4.78 is 25.2. The van der Waals surface area contributed by atoms with E-state index in [-0.39, 0.29) is 35.0 Å². The van der Waals surface area contributed by atoms with Crippen molar-refractivity contribution in [1.82, 2.24) is 19.5 Å². The molecule has 13 heteroatoms. The van der Waals surface area contributed by atoms with Gasteiger partial charge in [0.2, 0.25) is 0 Å². The molecule has 0 saturated carbocycles. The minimum absolute atomic E-state index is 0.0133.